The monoisotopic (exact) mass is 306 g/mol. The summed E-state index contributed by atoms with van der Waals surface area (Å²) in [5.74, 6) is 0.329. The molecule has 120 valence electrons. The van der Waals surface area contributed by atoms with E-state index in [1.165, 1.54) is 0 Å². The number of carbonyl (C=O) groups is 2. The first-order valence-electron chi connectivity index (χ1n) is 7.38. The van der Waals surface area contributed by atoms with E-state index in [4.69, 9.17) is 15.2 Å². The van der Waals surface area contributed by atoms with Crippen molar-refractivity contribution in [2.24, 2.45) is 11.7 Å². The van der Waals surface area contributed by atoms with Crippen LogP contribution in [0.25, 0.3) is 0 Å². The van der Waals surface area contributed by atoms with Gasteiger partial charge in [0.05, 0.1) is 13.7 Å². The van der Waals surface area contributed by atoms with Gasteiger partial charge in [0.25, 0.3) is 0 Å². The molecule has 1 saturated heterocycles. The van der Waals surface area contributed by atoms with E-state index in [0.717, 1.165) is 11.3 Å². The fourth-order valence-corrected chi connectivity index (χ4v) is 2.52. The Balaban J connectivity index is 1.73. The number of primary amides is 1. The Morgan fingerprint density at radius 1 is 1.32 bits per heavy atom. The molecular weight excluding hydrogens is 284 g/mol. The van der Waals surface area contributed by atoms with Crippen molar-refractivity contribution in [3.05, 3.63) is 29.8 Å². The van der Waals surface area contributed by atoms with Gasteiger partial charge < -0.3 is 20.1 Å². The van der Waals surface area contributed by atoms with Crippen LogP contribution in [0, 0.1) is 5.92 Å². The molecule has 2 rings (SSSR count). The van der Waals surface area contributed by atoms with Gasteiger partial charge in [-0.1, -0.05) is 12.1 Å². The average molecular weight is 306 g/mol. The van der Waals surface area contributed by atoms with Crippen LogP contribution in [-0.2, 0) is 20.9 Å². The van der Waals surface area contributed by atoms with Crippen molar-refractivity contribution in [2.45, 2.75) is 19.4 Å². The quantitative estimate of drug-likeness (QED) is 0.848. The molecule has 0 atom stereocenters. The van der Waals surface area contributed by atoms with Crippen LogP contribution in [0.2, 0.25) is 0 Å². The molecule has 0 aromatic heterocycles. The van der Waals surface area contributed by atoms with Gasteiger partial charge >= 0.3 is 0 Å². The summed E-state index contributed by atoms with van der Waals surface area (Å²) < 4.78 is 10.6. The molecule has 6 nitrogen and oxygen atoms in total. The number of hydrogen-bond donors (Lipinski definition) is 1. The maximum Gasteiger partial charge on any atom is 0.248 e. The normalized spacial score (nSPS) is 15.6. The zero-order chi connectivity index (χ0) is 15.9. The number of nitrogens with zero attached hydrogens (tertiary/aromatic N) is 1. The van der Waals surface area contributed by atoms with Crippen molar-refractivity contribution < 1.29 is 19.1 Å². The molecule has 1 aliphatic heterocycles. The van der Waals surface area contributed by atoms with E-state index in [0.29, 0.717) is 32.5 Å². The molecule has 0 saturated carbocycles. The summed E-state index contributed by atoms with van der Waals surface area (Å²) in [5.41, 5.74) is 6.24. The first kappa shape index (κ1) is 16.3. The maximum atomic E-state index is 12.0. The summed E-state index contributed by atoms with van der Waals surface area (Å²) in [4.78, 5) is 24.9. The highest BCUT2D eigenvalue weighted by Crippen LogP contribution is 2.17. The van der Waals surface area contributed by atoms with E-state index in [-0.39, 0.29) is 24.3 Å². The first-order valence-corrected chi connectivity index (χ1v) is 7.38. The van der Waals surface area contributed by atoms with Crippen LogP contribution < -0.4 is 10.5 Å². The van der Waals surface area contributed by atoms with E-state index in [1.807, 2.05) is 24.3 Å². The fourth-order valence-electron chi connectivity index (χ4n) is 2.52. The fraction of sp³-hybridized carbons (Fsp3) is 0.500. The van der Waals surface area contributed by atoms with E-state index in [1.54, 1.807) is 12.0 Å². The topological polar surface area (TPSA) is 81.9 Å². The average Bonchev–Trinajstić information content (AvgIpc) is 2.55. The summed E-state index contributed by atoms with van der Waals surface area (Å²) in [5, 5.41) is 0. The summed E-state index contributed by atoms with van der Waals surface area (Å²) in [6.07, 6.45) is 1.27. The Hall–Kier alpha value is -2.08. The molecule has 0 unspecified atom stereocenters. The molecule has 1 aliphatic rings. The highest BCUT2D eigenvalue weighted by molar-refractivity contribution is 5.79. The largest absolute Gasteiger partial charge is 0.497 e. The number of benzene rings is 1. The molecule has 1 aromatic carbocycles. The SMILES string of the molecule is COc1cccc(COCC(=O)N2CCC(C(N)=O)CC2)c1. The highest BCUT2D eigenvalue weighted by atomic mass is 16.5. The third-order valence-corrected chi connectivity index (χ3v) is 3.88. The molecule has 1 aromatic rings. The Morgan fingerprint density at radius 3 is 2.68 bits per heavy atom. The molecule has 0 aliphatic carbocycles. The van der Waals surface area contributed by atoms with Crippen LogP contribution in [0.3, 0.4) is 0 Å². The zero-order valence-electron chi connectivity index (χ0n) is 12.8. The van der Waals surface area contributed by atoms with Gasteiger partial charge in [0, 0.05) is 19.0 Å². The first-order chi connectivity index (χ1) is 10.6. The van der Waals surface area contributed by atoms with E-state index >= 15 is 0 Å². The van der Waals surface area contributed by atoms with Crippen molar-refractivity contribution in [1.29, 1.82) is 0 Å². The van der Waals surface area contributed by atoms with Crippen LogP contribution >= 0.6 is 0 Å². The molecule has 2 amide bonds. The van der Waals surface area contributed by atoms with Gasteiger partial charge in [-0.2, -0.15) is 0 Å². The van der Waals surface area contributed by atoms with E-state index in [2.05, 4.69) is 0 Å². The predicted molar refractivity (Wildman–Crippen MR) is 81.1 cm³/mol. The Labute approximate surface area is 130 Å². The molecule has 0 spiro atoms. The number of ether oxygens (including phenoxy) is 2. The molecule has 1 heterocycles. The lowest BCUT2D eigenvalue weighted by Crippen LogP contribution is -2.43. The smallest absolute Gasteiger partial charge is 0.248 e. The molecule has 2 N–H and O–H groups in total. The number of hydrogen-bond acceptors (Lipinski definition) is 4. The second-order valence-corrected chi connectivity index (χ2v) is 5.40. The second kappa shape index (κ2) is 7.79. The van der Waals surface area contributed by atoms with Gasteiger partial charge in [-0.15, -0.1) is 0 Å². The van der Waals surface area contributed by atoms with Crippen molar-refractivity contribution >= 4 is 11.8 Å². The van der Waals surface area contributed by atoms with Crippen molar-refractivity contribution in [2.75, 3.05) is 26.8 Å². The molecule has 1 fully saturated rings. The van der Waals surface area contributed by atoms with Crippen LogP contribution in [0.15, 0.2) is 24.3 Å². The number of methoxy groups -OCH3 is 1. The highest BCUT2D eigenvalue weighted by Gasteiger charge is 2.25. The van der Waals surface area contributed by atoms with Crippen molar-refractivity contribution in [3.63, 3.8) is 0 Å². The van der Waals surface area contributed by atoms with Crippen molar-refractivity contribution in [3.8, 4) is 5.75 Å². The molecule has 0 radical (unpaired) electrons. The Bertz CT molecular complexity index is 525. The van der Waals surface area contributed by atoms with Gasteiger partial charge in [-0.3, -0.25) is 9.59 Å². The Kier molecular flexibility index (Phi) is 5.77. The number of nitrogens with two attached hydrogens (primary N) is 1. The van der Waals surface area contributed by atoms with Crippen LogP contribution in [0.5, 0.6) is 5.75 Å². The number of carbonyl (C=O) groups excluding carboxylic acids is 2. The lowest BCUT2D eigenvalue weighted by Gasteiger charge is -2.30. The number of piperidine rings is 1. The van der Waals surface area contributed by atoms with Gasteiger partial charge in [-0.25, -0.2) is 0 Å². The maximum absolute atomic E-state index is 12.0. The Morgan fingerprint density at radius 2 is 2.05 bits per heavy atom. The minimum absolute atomic E-state index is 0.0401. The number of amides is 2. The lowest BCUT2D eigenvalue weighted by atomic mass is 9.96. The minimum atomic E-state index is -0.277. The van der Waals surface area contributed by atoms with Gasteiger partial charge in [0.1, 0.15) is 12.4 Å². The van der Waals surface area contributed by atoms with Gasteiger partial charge in [0.2, 0.25) is 11.8 Å². The number of rotatable bonds is 6. The lowest BCUT2D eigenvalue weighted by molar-refractivity contribution is -0.139. The van der Waals surface area contributed by atoms with Gasteiger partial charge in [0.15, 0.2) is 0 Å². The summed E-state index contributed by atoms with van der Waals surface area (Å²) >= 11 is 0. The summed E-state index contributed by atoms with van der Waals surface area (Å²) in [7, 11) is 1.61. The second-order valence-electron chi connectivity index (χ2n) is 5.40. The minimum Gasteiger partial charge on any atom is -0.497 e. The van der Waals surface area contributed by atoms with Crippen LogP contribution in [0.4, 0.5) is 0 Å². The third kappa shape index (κ3) is 4.46. The van der Waals surface area contributed by atoms with E-state index < -0.39 is 0 Å². The summed E-state index contributed by atoms with van der Waals surface area (Å²) in [6.45, 7) is 1.53. The third-order valence-electron chi connectivity index (χ3n) is 3.88. The number of likely N-dealkylation sites (tertiary alicyclic amines) is 1. The van der Waals surface area contributed by atoms with Crippen LogP contribution in [0.1, 0.15) is 18.4 Å². The van der Waals surface area contributed by atoms with Crippen molar-refractivity contribution in [1.82, 2.24) is 4.90 Å². The summed E-state index contributed by atoms with van der Waals surface area (Å²) in [6, 6.07) is 7.54. The predicted octanol–water partition coefficient (Wildman–Crippen LogP) is 0.936. The van der Waals surface area contributed by atoms with Crippen LogP contribution in [-0.4, -0.2) is 43.5 Å². The molecule has 6 heteroatoms. The molecule has 22 heavy (non-hydrogen) atoms. The molecule has 0 bridgehead atoms. The zero-order valence-corrected chi connectivity index (χ0v) is 12.8. The van der Waals surface area contributed by atoms with E-state index in [9.17, 15) is 9.59 Å². The standard InChI is InChI=1S/C16H22N2O4/c1-21-14-4-2-3-12(9-14)10-22-11-15(19)18-7-5-13(6-8-18)16(17)20/h2-4,9,13H,5-8,10-11H2,1H3,(H2,17,20). The van der Waals surface area contributed by atoms with Gasteiger partial charge in [-0.05, 0) is 30.5 Å². The molecular formula is C16H22N2O4.